The normalized spacial score (nSPS) is 12.1. The molecule has 0 unspecified atom stereocenters. The minimum Gasteiger partial charge on any atom is -0.352 e. The Kier molecular flexibility index (Phi) is 5.26. The largest absolute Gasteiger partial charge is 0.352 e. The van der Waals surface area contributed by atoms with Gasteiger partial charge in [-0.15, -0.1) is 0 Å². The molecule has 0 saturated carbocycles. The molecule has 1 atom stereocenters. The number of hydrogen-bond donors (Lipinski definition) is 2. The second-order valence-corrected chi connectivity index (χ2v) is 3.88. The van der Waals surface area contributed by atoms with Crippen LogP contribution in [0.3, 0.4) is 0 Å². The fourth-order valence-corrected chi connectivity index (χ4v) is 1.69. The fraction of sp³-hybridized carbons (Fsp3) is 0.417. The van der Waals surface area contributed by atoms with Gasteiger partial charge >= 0.3 is 0 Å². The van der Waals surface area contributed by atoms with E-state index in [9.17, 15) is 4.79 Å². The summed E-state index contributed by atoms with van der Waals surface area (Å²) < 4.78 is 0. The summed E-state index contributed by atoms with van der Waals surface area (Å²) in [7, 11) is 0. The van der Waals surface area contributed by atoms with E-state index in [-0.39, 0.29) is 11.9 Å². The van der Waals surface area contributed by atoms with Crippen molar-refractivity contribution in [2.75, 3.05) is 5.75 Å². The van der Waals surface area contributed by atoms with Gasteiger partial charge in [0.1, 0.15) is 0 Å². The highest BCUT2D eigenvalue weighted by atomic mass is 32.1. The van der Waals surface area contributed by atoms with Crippen LogP contribution in [-0.2, 0) is 11.2 Å². The van der Waals surface area contributed by atoms with Crippen molar-refractivity contribution in [3.63, 3.8) is 0 Å². The molecule has 3 heteroatoms. The summed E-state index contributed by atoms with van der Waals surface area (Å²) in [4.78, 5) is 11.6. The lowest BCUT2D eigenvalue weighted by Gasteiger charge is -2.14. The Morgan fingerprint density at radius 3 is 2.60 bits per heavy atom. The zero-order chi connectivity index (χ0) is 11.1. The average molecular weight is 223 g/mol. The van der Waals surface area contributed by atoms with Gasteiger partial charge < -0.3 is 5.32 Å². The molecule has 1 rings (SSSR count). The summed E-state index contributed by atoms with van der Waals surface area (Å²) in [6.45, 7) is 2.05. The number of nitrogens with one attached hydrogen (secondary N) is 1. The Morgan fingerprint density at radius 2 is 2.07 bits per heavy atom. The molecule has 0 saturated heterocycles. The van der Waals surface area contributed by atoms with Gasteiger partial charge in [-0.2, -0.15) is 12.6 Å². The topological polar surface area (TPSA) is 29.1 Å². The van der Waals surface area contributed by atoms with Gasteiger partial charge in [0.05, 0.1) is 6.42 Å². The first-order valence-corrected chi connectivity index (χ1v) is 5.83. The van der Waals surface area contributed by atoms with Crippen LogP contribution < -0.4 is 5.32 Å². The maximum atomic E-state index is 11.6. The Balaban J connectivity index is 2.43. The van der Waals surface area contributed by atoms with Crippen molar-refractivity contribution in [3.8, 4) is 0 Å². The predicted molar refractivity (Wildman–Crippen MR) is 66.2 cm³/mol. The number of carbonyl (C=O) groups is 1. The van der Waals surface area contributed by atoms with Crippen LogP contribution in [-0.4, -0.2) is 17.7 Å². The van der Waals surface area contributed by atoms with E-state index >= 15 is 0 Å². The molecule has 1 N–H and O–H groups in total. The van der Waals surface area contributed by atoms with Gasteiger partial charge in [-0.1, -0.05) is 37.3 Å². The molecular formula is C12H17NOS. The lowest BCUT2D eigenvalue weighted by Crippen LogP contribution is -2.36. The number of rotatable bonds is 5. The average Bonchev–Trinajstić information content (AvgIpc) is 2.27. The van der Waals surface area contributed by atoms with Gasteiger partial charge in [-0.05, 0) is 12.0 Å². The molecule has 0 heterocycles. The van der Waals surface area contributed by atoms with Gasteiger partial charge in [0.25, 0.3) is 0 Å². The Bertz CT molecular complexity index is 296. The molecule has 82 valence electrons. The number of hydrogen-bond acceptors (Lipinski definition) is 2. The predicted octanol–water partition coefficient (Wildman–Crippen LogP) is 2.05. The number of amides is 1. The van der Waals surface area contributed by atoms with Crippen molar-refractivity contribution in [1.29, 1.82) is 0 Å². The first-order valence-electron chi connectivity index (χ1n) is 5.20. The van der Waals surface area contributed by atoms with E-state index in [1.807, 2.05) is 37.3 Å². The summed E-state index contributed by atoms with van der Waals surface area (Å²) in [5.74, 6) is 0.763. The third-order valence-electron chi connectivity index (χ3n) is 2.29. The Hall–Kier alpha value is -0.960. The summed E-state index contributed by atoms with van der Waals surface area (Å²) in [5.41, 5.74) is 1.05. The molecule has 0 aliphatic rings. The highest BCUT2D eigenvalue weighted by Crippen LogP contribution is 2.00. The van der Waals surface area contributed by atoms with E-state index in [1.54, 1.807) is 0 Å². The maximum absolute atomic E-state index is 11.6. The summed E-state index contributed by atoms with van der Waals surface area (Å²) in [6.07, 6.45) is 1.37. The van der Waals surface area contributed by atoms with Gasteiger partial charge in [0.15, 0.2) is 0 Å². The zero-order valence-electron chi connectivity index (χ0n) is 8.94. The zero-order valence-corrected chi connectivity index (χ0v) is 9.84. The number of carbonyl (C=O) groups excluding carboxylic acids is 1. The first-order chi connectivity index (χ1) is 7.26. The van der Waals surface area contributed by atoms with Crippen molar-refractivity contribution in [3.05, 3.63) is 35.9 Å². The van der Waals surface area contributed by atoms with Gasteiger partial charge in [0.2, 0.25) is 5.91 Å². The minimum atomic E-state index is 0.0714. The lowest BCUT2D eigenvalue weighted by molar-refractivity contribution is -0.121. The Morgan fingerprint density at radius 1 is 1.40 bits per heavy atom. The Labute approximate surface area is 96.5 Å². The van der Waals surface area contributed by atoms with E-state index in [0.29, 0.717) is 12.2 Å². The van der Waals surface area contributed by atoms with Crippen LogP contribution in [0.2, 0.25) is 0 Å². The molecule has 0 spiro atoms. The maximum Gasteiger partial charge on any atom is 0.224 e. The van der Waals surface area contributed by atoms with Crippen LogP contribution in [0.1, 0.15) is 18.9 Å². The van der Waals surface area contributed by atoms with Crippen LogP contribution in [0.4, 0.5) is 0 Å². The first kappa shape index (κ1) is 12.1. The molecule has 0 radical (unpaired) electrons. The second-order valence-electron chi connectivity index (χ2n) is 3.52. The number of thiol groups is 1. The van der Waals surface area contributed by atoms with Gasteiger partial charge in [0, 0.05) is 11.8 Å². The lowest BCUT2D eigenvalue weighted by atomic mass is 10.1. The van der Waals surface area contributed by atoms with E-state index in [4.69, 9.17) is 0 Å². The van der Waals surface area contributed by atoms with Crippen LogP contribution in [0.15, 0.2) is 30.3 Å². The molecule has 1 aromatic rings. The summed E-state index contributed by atoms with van der Waals surface area (Å²) >= 11 is 4.18. The molecule has 15 heavy (non-hydrogen) atoms. The van der Waals surface area contributed by atoms with Gasteiger partial charge in [-0.3, -0.25) is 4.79 Å². The SMILES string of the molecule is CC[C@@H](CS)NC(=O)Cc1ccccc1. The molecule has 0 bridgehead atoms. The summed E-state index contributed by atoms with van der Waals surface area (Å²) in [5, 5.41) is 2.95. The van der Waals surface area contributed by atoms with Crippen molar-refractivity contribution >= 4 is 18.5 Å². The van der Waals surface area contributed by atoms with Crippen molar-refractivity contribution in [1.82, 2.24) is 5.32 Å². The van der Waals surface area contributed by atoms with E-state index in [1.165, 1.54) is 0 Å². The molecule has 0 aliphatic carbocycles. The minimum absolute atomic E-state index is 0.0714. The van der Waals surface area contributed by atoms with Crippen LogP contribution in [0, 0.1) is 0 Å². The summed E-state index contributed by atoms with van der Waals surface area (Å²) in [6, 6.07) is 9.94. The standard InChI is InChI=1S/C12H17NOS/c1-2-11(9-15)13-12(14)8-10-6-4-3-5-7-10/h3-7,11,15H,2,8-9H2,1H3,(H,13,14)/t11-/m0/s1. The molecule has 0 aromatic heterocycles. The van der Waals surface area contributed by atoms with Crippen molar-refractivity contribution < 1.29 is 4.79 Å². The quantitative estimate of drug-likeness (QED) is 0.735. The molecule has 1 amide bonds. The van der Waals surface area contributed by atoms with E-state index in [2.05, 4.69) is 17.9 Å². The fourth-order valence-electron chi connectivity index (χ4n) is 1.34. The smallest absolute Gasteiger partial charge is 0.224 e. The molecular weight excluding hydrogens is 206 g/mol. The van der Waals surface area contributed by atoms with E-state index < -0.39 is 0 Å². The van der Waals surface area contributed by atoms with Gasteiger partial charge in [-0.25, -0.2) is 0 Å². The highest BCUT2D eigenvalue weighted by molar-refractivity contribution is 7.80. The third-order valence-corrected chi connectivity index (χ3v) is 2.73. The van der Waals surface area contributed by atoms with Crippen molar-refractivity contribution in [2.24, 2.45) is 0 Å². The van der Waals surface area contributed by atoms with Crippen LogP contribution >= 0.6 is 12.6 Å². The van der Waals surface area contributed by atoms with Crippen LogP contribution in [0.5, 0.6) is 0 Å². The third kappa shape index (κ3) is 4.38. The highest BCUT2D eigenvalue weighted by Gasteiger charge is 2.08. The molecule has 0 aliphatic heterocycles. The monoisotopic (exact) mass is 223 g/mol. The second kappa shape index (κ2) is 6.51. The van der Waals surface area contributed by atoms with E-state index in [0.717, 1.165) is 12.0 Å². The molecule has 1 aromatic carbocycles. The van der Waals surface area contributed by atoms with Crippen LogP contribution in [0.25, 0.3) is 0 Å². The van der Waals surface area contributed by atoms with Crippen molar-refractivity contribution in [2.45, 2.75) is 25.8 Å². The molecule has 0 fully saturated rings. The molecule has 2 nitrogen and oxygen atoms in total. The number of benzene rings is 1.